The standard InChI is InChI=1S/C13H15BrF2N2O/c14-9-5-11(16)12(6-10(9)15)18-13(19)7-1-3-8(17)4-2-7/h5-8H,1-4,17H2,(H,18,19). The average molecular weight is 333 g/mol. The number of hydrogen-bond acceptors (Lipinski definition) is 2. The Morgan fingerprint density at radius 2 is 1.84 bits per heavy atom. The lowest BCUT2D eigenvalue weighted by atomic mass is 9.86. The summed E-state index contributed by atoms with van der Waals surface area (Å²) in [5.74, 6) is -1.71. The fraction of sp³-hybridized carbons (Fsp3) is 0.462. The van der Waals surface area contributed by atoms with Gasteiger partial charge in [-0.25, -0.2) is 8.78 Å². The molecular weight excluding hydrogens is 318 g/mol. The summed E-state index contributed by atoms with van der Waals surface area (Å²) in [7, 11) is 0. The van der Waals surface area contributed by atoms with E-state index in [0.717, 1.165) is 25.0 Å². The summed E-state index contributed by atoms with van der Waals surface area (Å²) in [6.07, 6.45) is 2.95. The zero-order chi connectivity index (χ0) is 14.0. The minimum Gasteiger partial charge on any atom is -0.328 e. The molecule has 1 aromatic rings. The van der Waals surface area contributed by atoms with E-state index in [1.54, 1.807) is 0 Å². The molecule has 0 atom stereocenters. The highest BCUT2D eigenvalue weighted by Crippen LogP contribution is 2.27. The van der Waals surface area contributed by atoms with Crippen LogP contribution in [0.1, 0.15) is 25.7 Å². The lowest BCUT2D eigenvalue weighted by Gasteiger charge is -2.25. The van der Waals surface area contributed by atoms with E-state index in [1.807, 2.05) is 0 Å². The fourth-order valence-electron chi connectivity index (χ4n) is 2.23. The summed E-state index contributed by atoms with van der Waals surface area (Å²) >= 11 is 2.89. The van der Waals surface area contributed by atoms with Crippen LogP contribution in [0.2, 0.25) is 0 Å². The number of hydrogen-bond donors (Lipinski definition) is 2. The van der Waals surface area contributed by atoms with Gasteiger partial charge in [0.25, 0.3) is 0 Å². The molecule has 104 valence electrons. The minimum absolute atomic E-state index is 0.0339. The van der Waals surface area contributed by atoms with Crippen molar-refractivity contribution in [1.82, 2.24) is 0 Å². The maximum absolute atomic E-state index is 13.6. The predicted molar refractivity (Wildman–Crippen MR) is 72.6 cm³/mol. The van der Waals surface area contributed by atoms with Gasteiger partial charge in [-0.2, -0.15) is 0 Å². The third-order valence-corrected chi connectivity index (χ3v) is 4.02. The summed E-state index contributed by atoms with van der Waals surface area (Å²) < 4.78 is 26.9. The number of rotatable bonds is 2. The van der Waals surface area contributed by atoms with Crippen LogP contribution in [0.4, 0.5) is 14.5 Å². The molecule has 1 aliphatic rings. The molecule has 0 aromatic heterocycles. The zero-order valence-corrected chi connectivity index (χ0v) is 11.8. The number of halogens is 3. The van der Waals surface area contributed by atoms with Crippen molar-refractivity contribution in [2.24, 2.45) is 11.7 Å². The Morgan fingerprint density at radius 1 is 1.21 bits per heavy atom. The first-order valence-electron chi connectivity index (χ1n) is 6.18. The van der Waals surface area contributed by atoms with Crippen LogP contribution in [0.3, 0.4) is 0 Å². The Hall–Kier alpha value is -1.01. The van der Waals surface area contributed by atoms with E-state index in [9.17, 15) is 13.6 Å². The maximum atomic E-state index is 13.6. The molecule has 0 aliphatic heterocycles. The van der Waals surface area contributed by atoms with Crippen molar-refractivity contribution >= 4 is 27.5 Å². The van der Waals surface area contributed by atoms with Gasteiger partial charge in [0, 0.05) is 18.0 Å². The lowest BCUT2D eigenvalue weighted by Crippen LogP contribution is -2.32. The molecular formula is C13H15BrF2N2O. The topological polar surface area (TPSA) is 55.1 Å². The number of carbonyl (C=O) groups is 1. The van der Waals surface area contributed by atoms with Gasteiger partial charge in [-0.3, -0.25) is 4.79 Å². The minimum atomic E-state index is -0.658. The highest BCUT2D eigenvalue weighted by atomic mass is 79.9. The lowest BCUT2D eigenvalue weighted by molar-refractivity contribution is -0.120. The smallest absolute Gasteiger partial charge is 0.227 e. The van der Waals surface area contributed by atoms with Crippen molar-refractivity contribution in [3.63, 3.8) is 0 Å². The van der Waals surface area contributed by atoms with Crippen LogP contribution >= 0.6 is 15.9 Å². The van der Waals surface area contributed by atoms with Gasteiger partial charge in [-0.1, -0.05) is 0 Å². The molecule has 6 heteroatoms. The quantitative estimate of drug-likeness (QED) is 0.817. The summed E-state index contributed by atoms with van der Waals surface area (Å²) in [4.78, 5) is 12.0. The molecule has 0 bridgehead atoms. The Balaban J connectivity index is 2.05. The molecule has 19 heavy (non-hydrogen) atoms. The molecule has 0 unspecified atom stereocenters. The molecule has 1 aromatic carbocycles. The van der Waals surface area contributed by atoms with Crippen molar-refractivity contribution < 1.29 is 13.6 Å². The van der Waals surface area contributed by atoms with Gasteiger partial charge >= 0.3 is 0 Å². The fourth-order valence-corrected chi connectivity index (χ4v) is 2.55. The maximum Gasteiger partial charge on any atom is 0.227 e. The third kappa shape index (κ3) is 3.51. The first-order valence-corrected chi connectivity index (χ1v) is 6.97. The molecule has 3 nitrogen and oxygen atoms in total. The Labute approximate surface area is 118 Å². The summed E-state index contributed by atoms with van der Waals surface area (Å²) in [5, 5.41) is 2.45. The van der Waals surface area contributed by atoms with E-state index in [2.05, 4.69) is 21.2 Å². The van der Waals surface area contributed by atoms with Crippen molar-refractivity contribution in [3.05, 3.63) is 28.2 Å². The van der Waals surface area contributed by atoms with Crippen molar-refractivity contribution in [1.29, 1.82) is 0 Å². The van der Waals surface area contributed by atoms with Crippen molar-refractivity contribution in [2.75, 3.05) is 5.32 Å². The van der Waals surface area contributed by atoms with Crippen LogP contribution in [0.25, 0.3) is 0 Å². The molecule has 0 heterocycles. The Kier molecular flexibility index (Phi) is 4.52. The largest absolute Gasteiger partial charge is 0.328 e. The van der Waals surface area contributed by atoms with Gasteiger partial charge in [0.05, 0.1) is 10.2 Å². The van der Waals surface area contributed by atoms with Crippen LogP contribution in [-0.2, 0) is 4.79 Å². The molecule has 0 saturated heterocycles. The highest BCUT2D eigenvalue weighted by molar-refractivity contribution is 9.10. The van der Waals surface area contributed by atoms with Gasteiger partial charge in [0.2, 0.25) is 5.91 Å². The molecule has 0 radical (unpaired) electrons. The second-order valence-corrected chi connectivity index (χ2v) is 5.70. The van der Waals surface area contributed by atoms with Gasteiger partial charge in [-0.05, 0) is 47.7 Å². The van der Waals surface area contributed by atoms with E-state index in [0.29, 0.717) is 12.8 Å². The molecule has 1 amide bonds. The summed E-state index contributed by atoms with van der Waals surface area (Å²) in [6.45, 7) is 0. The number of carbonyl (C=O) groups excluding carboxylic acids is 1. The van der Waals surface area contributed by atoms with Crippen LogP contribution < -0.4 is 11.1 Å². The number of anilines is 1. The van der Waals surface area contributed by atoms with Crippen molar-refractivity contribution in [3.8, 4) is 0 Å². The number of nitrogens with one attached hydrogen (secondary N) is 1. The average Bonchev–Trinajstić information content (AvgIpc) is 2.36. The van der Waals surface area contributed by atoms with Crippen molar-refractivity contribution in [2.45, 2.75) is 31.7 Å². The Bertz CT molecular complexity index is 488. The molecule has 1 saturated carbocycles. The second-order valence-electron chi connectivity index (χ2n) is 4.85. The SMILES string of the molecule is NC1CCC(C(=O)Nc2cc(F)c(Br)cc2F)CC1. The van der Waals surface area contributed by atoms with Gasteiger partial charge in [0.15, 0.2) is 0 Å². The highest BCUT2D eigenvalue weighted by Gasteiger charge is 2.25. The zero-order valence-electron chi connectivity index (χ0n) is 10.3. The third-order valence-electron chi connectivity index (χ3n) is 3.41. The summed E-state index contributed by atoms with van der Waals surface area (Å²) in [5.41, 5.74) is 5.64. The van der Waals surface area contributed by atoms with Gasteiger partial charge in [0.1, 0.15) is 11.6 Å². The molecule has 3 N–H and O–H groups in total. The molecule has 1 aliphatic carbocycles. The van der Waals surface area contributed by atoms with E-state index in [4.69, 9.17) is 5.73 Å². The monoisotopic (exact) mass is 332 g/mol. The first-order chi connectivity index (χ1) is 8.97. The number of benzene rings is 1. The molecule has 0 spiro atoms. The number of amides is 1. The van der Waals surface area contributed by atoms with Gasteiger partial charge < -0.3 is 11.1 Å². The number of nitrogens with two attached hydrogens (primary N) is 1. The normalized spacial score (nSPS) is 23.2. The van der Waals surface area contributed by atoms with E-state index < -0.39 is 11.6 Å². The van der Waals surface area contributed by atoms with Crippen LogP contribution in [0.5, 0.6) is 0 Å². The Morgan fingerprint density at radius 3 is 2.47 bits per heavy atom. The van der Waals surface area contributed by atoms with Crippen LogP contribution in [-0.4, -0.2) is 11.9 Å². The first kappa shape index (κ1) is 14.4. The summed E-state index contributed by atoms with van der Waals surface area (Å²) in [6, 6.07) is 2.12. The van der Waals surface area contributed by atoms with Gasteiger partial charge in [-0.15, -0.1) is 0 Å². The van der Waals surface area contributed by atoms with Crippen LogP contribution in [0, 0.1) is 17.6 Å². The van der Waals surface area contributed by atoms with E-state index >= 15 is 0 Å². The second kappa shape index (κ2) is 5.96. The molecule has 2 rings (SSSR count). The van der Waals surface area contributed by atoms with E-state index in [-0.39, 0.29) is 28.0 Å². The predicted octanol–water partition coefficient (Wildman–Crippen LogP) is 3.18. The molecule has 1 fully saturated rings. The van der Waals surface area contributed by atoms with Crippen LogP contribution in [0.15, 0.2) is 16.6 Å². The van der Waals surface area contributed by atoms with E-state index in [1.165, 1.54) is 0 Å².